The van der Waals surface area contributed by atoms with Gasteiger partial charge < -0.3 is 5.11 Å². The zero-order chi connectivity index (χ0) is 10.4. The fraction of sp³-hybridized carbons (Fsp3) is 0.500. The highest BCUT2D eigenvalue weighted by molar-refractivity contribution is 6.29. The molecule has 1 N–H and O–H groups in total. The summed E-state index contributed by atoms with van der Waals surface area (Å²) in [5.41, 5.74) is 0.882. The Morgan fingerprint density at radius 1 is 1.62 bits per heavy atom. The van der Waals surface area contributed by atoms with Crippen molar-refractivity contribution in [3.05, 3.63) is 23.3 Å². The molecule has 0 amide bonds. The van der Waals surface area contributed by atoms with E-state index in [1.54, 1.807) is 13.0 Å². The molecule has 3 heteroatoms. The minimum atomic E-state index is -0.794. The van der Waals surface area contributed by atoms with Crippen LogP contribution in [-0.2, 0) is 4.79 Å². The zero-order valence-electron chi connectivity index (χ0n) is 8.01. The Balaban J connectivity index is 4.19. The van der Waals surface area contributed by atoms with E-state index in [0.29, 0.717) is 17.9 Å². The summed E-state index contributed by atoms with van der Waals surface area (Å²) in [5.74, 6) is -1.19. The van der Waals surface area contributed by atoms with Crippen LogP contribution < -0.4 is 0 Å². The van der Waals surface area contributed by atoms with Gasteiger partial charge in [0.2, 0.25) is 0 Å². The van der Waals surface area contributed by atoms with Crippen LogP contribution in [0.1, 0.15) is 26.7 Å². The van der Waals surface area contributed by atoms with Gasteiger partial charge in [-0.3, -0.25) is 4.79 Å². The second kappa shape index (κ2) is 5.81. The molecule has 0 spiro atoms. The molecular weight excluding hydrogens is 188 g/mol. The average molecular weight is 203 g/mol. The highest BCUT2D eigenvalue weighted by atomic mass is 35.5. The monoisotopic (exact) mass is 202 g/mol. The standard InChI is InChI=1S/C10H15ClO2/c1-7(2)6-9(10(12)13)5-4-8(3)11/h4,9H,1,5-6H2,2-3H3,(H,12,13)/b8-4-. The molecule has 74 valence electrons. The molecule has 0 aliphatic heterocycles. The Hall–Kier alpha value is -0.760. The van der Waals surface area contributed by atoms with Crippen molar-refractivity contribution in [3.63, 3.8) is 0 Å². The fourth-order valence-electron chi connectivity index (χ4n) is 0.997. The fourth-order valence-corrected chi connectivity index (χ4v) is 1.09. The van der Waals surface area contributed by atoms with E-state index < -0.39 is 11.9 Å². The van der Waals surface area contributed by atoms with Gasteiger partial charge in [-0.2, -0.15) is 0 Å². The third-order valence-electron chi connectivity index (χ3n) is 1.63. The van der Waals surface area contributed by atoms with Crippen LogP contribution in [0.5, 0.6) is 0 Å². The molecule has 0 aromatic carbocycles. The van der Waals surface area contributed by atoms with Crippen molar-refractivity contribution in [2.24, 2.45) is 5.92 Å². The van der Waals surface area contributed by atoms with Crippen molar-refractivity contribution >= 4 is 17.6 Å². The summed E-state index contributed by atoms with van der Waals surface area (Å²) in [4.78, 5) is 10.7. The molecule has 0 radical (unpaired) electrons. The molecule has 0 aliphatic rings. The number of hydrogen-bond donors (Lipinski definition) is 1. The van der Waals surface area contributed by atoms with Crippen molar-refractivity contribution in [2.75, 3.05) is 0 Å². The van der Waals surface area contributed by atoms with E-state index in [0.717, 1.165) is 5.57 Å². The number of halogens is 1. The van der Waals surface area contributed by atoms with Gasteiger partial charge in [-0.15, -0.1) is 6.58 Å². The molecule has 0 aromatic rings. The molecule has 1 unspecified atom stereocenters. The van der Waals surface area contributed by atoms with E-state index in [1.807, 2.05) is 6.92 Å². The molecule has 1 atom stereocenters. The van der Waals surface area contributed by atoms with Crippen LogP contribution in [0.2, 0.25) is 0 Å². The maximum Gasteiger partial charge on any atom is 0.307 e. The number of carbonyl (C=O) groups is 1. The Morgan fingerprint density at radius 2 is 2.15 bits per heavy atom. The lowest BCUT2D eigenvalue weighted by molar-refractivity contribution is -0.141. The third kappa shape index (κ3) is 6.41. The largest absolute Gasteiger partial charge is 0.481 e. The maximum absolute atomic E-state index is 10.7. The highest BCUT2D eigenvalue weighted by Gasteiger charge is 2.15. The van der Waals surface area contributed by atoms with Crippen LogP contribution in [0.25, 0.3) is 0 Å². The van der Waals surface area contributed by atoms with Gasteiger partial charge in [-0.25, -0.2) is 0 Å². The summed E-state index contributed by atoms with van der Waals surface area (Å²) < 4.78 is 0. The van der Waals surface area contributed by atoms with Crippen LogP contribution >= 0.6 is 11.6 Å². The molecule has 0 saturated carbocycles. The number of carboxylic acid groups (broad SMARTS) is 1. The molecule has 13 heavy (non-hydrogen) atoms. The lowest BCUT2D eigenvalue weighted by Crippen LogP contribution is -2.13. The summed E-state index contributed by atoms with van der Waals surface area (Å²) in [7, 11) is 0. The van der Waals surface area contributed by atoms with Crippen LogP contribution in [0.3, 0.4) is 0 Å². The Labute approximate surface area is 83.9 Å². The van der Waals surface area contributed by atoms with Crippen molar-refractivity contribution in [2.45, 2.75) is 26.7 Å². The van der Waals surface area contributed by atoms with Crippen LogP contribution in [-0.4, -0.2) is 11.1 Å². The summed E-state index contributed by atoms with van der Waals surface area (Å²) in [6, 6.07) is 0. The van der Waals surface area contributed by atoms with E-state index in [-0.39, 0.29) is 0 Å². The SMILES string of the molecule is C=C(C)CC(C/C=C(/C)Cl)C(=O)O. The summed E-state index contributed by atoms with van der Waals surface area (Å²) in [6.45, 7) is 7.25. The first-order valence-electron chi connectivity index (χ1n) is 4.13. The third-order valence-corrected chi connectivity index (χ3v) is 1.78. The second-order valence-electron chi connectivity index (χ2n) is 3.22. The Bertz CT molecular complexity index is 227. The predicted molar refractivity (Wildman–Crippen MR) is 54.8 cm³/mol. The maximum atomic E-state index is 10.7. The van der Waals surface area contributed by atoms with Crippen LogP contribution in [0, 0.1) is 5.92 Å². The minimum Gasteiger partial charge on any atom is -0.481 e. The number of rotatable bonds is 5. The molecule has 0 aliphatic carbocycles. The zero-order valence-corrected chi connectivity index (χ0v) is 8.77. The van der Waals surface area contributed by atoms with Gasteiger partial charge in [0, 0.05) is 5.03 Å². The minimum absolute atomic E-state index is 0.397. The van der Waals surface area contributed by atoms with E-state index in [2.05, 4.69) is 6.58 Å². The smallest absolute Gasteiger partial charge is 0.307 e. The lowest BCUT2D eigenvalue weighted by atomic mass is 9.98. The van der Waals surface area contributed by atoms with E-state index in [9.17, 15) is 4.79 Å². The lowest BCUT2D eigenvalue weighted by Gasteiger charge is -2.09. The van der Waals surface area contributed by atoms with Gasteiger partial charge in [-0.05, 0) is 26.7 Å². The quantitative estimate of drug-likeness (QED) is 0.696. The topological polar surface area (TPSA) is 37.3 Å². The normalized spacial score (nSPS) is 13.9. The summed E-state index contributed by atoms with van der Waals surface area (Å²) >= 11 is 5.61. The molecule has 0 heterocycles. The van der Waals surface area contributed by atoms with Gasteiger partial charge in [0.1, 0.15) is 0 Å². The molecule has 0 aromatic heterocycles. The number of allylic oxidation sites excluding steroid dienone is 3. The first-order valence-corrected chi connectivity index (χ1v) is 4.50. The molecule has 0 rings (SSSR count). The molecule has 0 bridgehead atoms. The van der Waals surface area contributed by atoms with Gasteiger partial charge >= 0.3 is 5.97 Å². The van der Waals surface area contributed by atoms with Crippen LogP contribution in [0.4, 0.5) is 0 Å². The van der Waals surface area contributed by atoms with Crippen molar-refractivity contribution < 1.29 is 9.90 Å². The molecule has 2 nitrogen and oxygen atoms in total. The first kappa shape index (κ1) is 12.2. The number of hydrogen-bond acceptors (Lipinski definition) is 1. The van der Waals surface area contributed by atoms with E-state index in [1.165, 1.54) is 0 Å². The number of aliphatic carboxylic acids is 1. The second-order valence-corrected chi connectivity index (χ2v) is 3.82. The molecular formula is C10H15ClO2. The van der Waals surface area contributed by atoms with Gasteiger partial charge in [0.15, 0.2) is 0 Å². The van der Waals surface area contributed by atoms with Gasteiger partial charge in [0.25, 0.3) is 0 Å². The molecule has 0 saturated heterocycles. The summed E-state index contributed by atoms with van der Waals surface area (Å²) in [6.07, 6.45) is 2.71. The van der Waals surface area contributed by atoms with E-state index >= 15 is 0 Å². The highest BCUT2D eigenvalue weighted by Crippen LogP contribution is 2.16. The van der Waals surface area contributed by atoms with Gasteiger partial charge in [-0.1, -0.05) is 23.3 Å². The Morgan fingerprint density at radius 3 is 2.46 bits per heavy atom. The van der Waals surface area contributed by atoms with Crippen molar-refractivity contribution in [1.29, 1.82) is 0 Å². The number of carboxylic acids is 1. The summed E-state index contributed by atoms with van der Waals surface area (Å²) in [5, 5.41) is 9.45. The van der Waals surface area contributed by atoms with Crippen molar-refractivity contribution in [3.8, 4) is 0 Å². The van der Waals surface area contributed by atoms with Gasteiger partial charge in [0.05, 0.1) is 5.92 Å². The first-order chi connectivity index (χ1) is 5.93. The predicted octanol–water partition coefficient (Wildman–Crippen LogP) is 3.19. The Kier molecular flexibility index (Phi) is 5.47. The molecule has 0 fully saturated rings. The van der Waals surface area contributed by atoms with E-state index in [4.69, 9.17) is 16.7 Å². The average Bonchev–Trinajstić information content (AvgIpc) is 1.96. The van der Waals surface area contributed by atoms with Crippen LogP contribution in [0.15, 0.2) is 23.3 Å². The van der Waals surface area contributed by atoms with Crippen molar-refractivity contribution in [1.82, 2.24) is 0 Å².